The van der Waals surface area contributed by atoms with Crippen LogP contribution in [-0.4, -0.2) is 35.3 Å². The number of hydrogen-bond acceptors (Lipinski definition) is 4. The van der Waals surface area contributed by atoms with E-state index in [4.69, 9.17) is 5.21 Å². The molecule has 6 nitrogen and oxygen atoms in total. The minimum atomic E-state index is -4.66. The van der Waals surface area contributed by atoms with E-state index in [1.807, 2.05) is 0 Å². The Morgan fingerprint density at radius 1 is 1.19 bits per heavy atom. The number of nitrogens with zero attached hydrogens (tertiary/aromatic N) is 2. The van der Waals surface area contributed by atoms with E-state index < -0.39 is 29.1 Å². The first-order valence-electron chi connectivity index (χ1n) is 7.68. The molecule has 0 heterocycles. The fraction of sp³-hybridized carbons (Fsp3) is 0.167. The van der Waals surface area contributed by atoms with Crippen LogP contribution in [0.4, 0.5) is 13.2 Å². The zero-order valence-electron chi connectivity index (χ0n) is 14.4. The Balaban J connectivity index is 2.24. The summed E-state index contributed by atoms with van der Waals surface area (Å²) >= 11 is 0. The van der Waals surface area contributed by atoms with Gasteiger partial charge in [0.2, 0.25) is 0 Å². The first-order valence-corrected chi connectivity index (χ1v) is 7.68. The normalized spacial score (nSPS) is 11.5. The standard InChI is InChI=1S/C18H16F3N3O3/c1-11-9-12(16(25)23-27)7-8-13(11)10-22-24(2)17(26)14-5-3-4-6-15(14)18(19,20)21/h3-10,27H,1-2H3,(H,23,25)/b22-10+. The van der Waals surface area contributed by atoms with Crippen molar-refractivity contribution < 1.29 is 28.0 Å². The van der Waals surface area contributed by atoms with Gasteiger partial charge in [0.15, 0.2) is 0 Å². The maximum absolute atomic E-state index is 13.0. The Morgan fingerprint density at radius 2 is 1.85 bits per heavy atom. The number of benzene rings is 2. The lowest BCUT2D eigenvalue weighted by molar-refractivity contribution is -0.138. The molecule has 0 fully saturated rings. The van der Waals surface area contributed by atoms with Crippen molar-refractivity contribution in [1.82, 2.24) is 10.5 Å². The minimum absolute atomic E-state index is 0.218. The fourth-order valence-electron chi connectivity index (χ4n) is 2.32. The van der Waals surface area contributed by atoms with Crippen molar-refractivity contribution >= 4 is 18.0 Å². The second kappa shape index (κ2) is 8.00. The van der Waals surface area contributed by atoms with Gasteiger partial charge in [0.05, 0.1) is 17.3 Å². The monoisotopic (exact) mass is 379 g/mol. The first kappa shape index (κ1) is 20.1. The molecule has 0 aliphatic carbocycles. The molecule has 0 spiro atoms. The predicted octanol–water partition coefficient (Wildman–Crippen LogP) is 3.24. The topological polar surface area (TPSA) is 82.0 Å². The largest absolute Gasteiger partial charge is 0.417 e. The SMILES string of the molecule is Cc1cc(C(=O)NO)ccc1/C=N/N(C)C(=O)c1ccccc1C(F)(F)F. The number of hydrazone groups is 1. The van der Waals surface area contributed by atoms with Crippen LogP contribution in [0.25, 0.3) is 0 Å². The third-order valence-corrected chi connectivity index (χ3v) is 3.76. The Kier molecular flexibility index (Phi) is 5.96. The van der Waals surface area contributed by atoms with Crippen molar-refractivity contribution in [3.05, 3.63) is 70.3 Å². The van der Waals surface area contributed by atoms with Crippen molar-refractivity contribution in [3.63, 3.8) is 0 Å². The lowest BCUT2D eigenvalue weighted by Gasteiger charge is -2.16. The highest BCUT2D eigenvalue weighted by atomic mass is 19.4. The van der Waals surface area contributed by atoms with Crippen molar-refractivity contribution in [2.24, 2.45) is 5.10 Å². The van der Waals surface area contributed by atoms with Crippen LogP contribution >= 0.6 is 0 Å². The van der Waals surface area contributed by atoms with Gasteiger partial charge < -0.3 is 0 Å². The summed E-state index contributed by atoms with van der Waals surface area (Å²) in [7, 11) is 1.24. The van der Waals surface area contributed by atoms with E-state index >= 15 is 0 Å². The zero-order chi connectivity index (χ0) is 20.2. The third kappa shape index (κ3) is 4.70. The molecule has 0 aromatic heterocycles. The molecular formula is C18H16F3N3O3. The van der Waals surface area contributed by atoms with Crippen LogP contribution in [0.1, 0.15) is 37.4 Å². The highest BCUT2D eigenvalue weighted by Crippen LogP contribution is 2.32. The smallest absolute Gasteiger partial charge is 0.288 e. The molecule has 0 unspecified atom stereocenters. The molecule has 2 amide bonds. The summed E-state index contributed by atoms with van der Waals surface area (Å²) in [6.45, 7) is 1.68. The highest BCUT2D eigenvalue weighted by molar-refractivity contribution is 5.97. The molecule has 0 atom stereocenters. The second-order valence-electron chi connectivity index (χ2n) is 5.63. The Morgan fingerprint density at radius 3 is 2.44 bits per heavy atom. The molecule has 2 aromatic rings. The number of alkyl halides is 3. The summed E-state index contributed by atoms with van der Waals surface area (Å²) in [6, 6.07) is 8.93. The van der Waals surface area contributed by atoms with Gasteiger partial charge in [-0.25, -0.2) is 10.5 Å². The van der Waals surface area contributed by atoms with Gasteiger partial charge in [-0.2, -0.15) is 18.3 Å². The van der Waals surface area contributed by atoms with E-state index in [1.165, 1.54) is 49.1 Å². The molecule has 142 valence electrons. The molecule has 9 heteroatoms. The highest BCUT2D eigenvalue weighted by Gasteiger charge is 2.35. The minimum Gasteiger partial charge on any atom is -0.288 e. The van der Waals surface area contributed by atoms with Gasteiger partial charge in [-0.1, -0.05) is 18.2 Å². The zero-order valence-corrected chi connectivity index (χ0v) is 14.4. The van der Waals surface area contributed by atoms with Gasteiger partial charge in [-0.15, -0.1) is 0 Å². The quantitative estimate of drug-likeness (QED) is 0.486. The van der Waals surface area contributed by atoms with Crippen LogP contribution < -0.4 is 5.48 Å². The summed E-state index contributed by atoms with van der Waals surface area (Å²) in [5.74, 6) is -1.59. The fourth-order valence-corrected chi connectivity index (χ4v) is 2.32. The molecule has 0 aliphatic rings. The summed E-state index contributed by atoms with van der Waals surface area (Å²) in [5.41, 5.74) is 1.36. The number of rotatable bonds is 4. The van der Waals surface area contributed by atoms with Gasteiger partial charge in [0, 0.05) is 12.6 Å². The Bertz CT molecular complexity index is 895. The van der Waals surface area contributed by atoms with Crippen molar-refractivity contribution in [2.45, 2.75) is 13.1 Å². The summed E-state index contributed by atoms with van der Waals surface area (Å²) < 4.78 is 39.1. The average Bonchev–Trinajstić information content (AvgIpc) is 2.64. The van der Waals surface area contributed by atoms with Crippen LogP contribution in [0.5, 0.6) is 0 Å². The molecule has 2 rings (SSSR count). The third-order valence-electron chi connectivity index (χ3n) is 3.76. The summed E-state index contributed by atoms with van der Waals surface area (Å²) in [6.07, 6.45) is -3.36. The molecule has 2 aromatic carbocycles. The summed E-state index contributed by atoms with van der Waals surface area (Å²) in [4.78, 5) is 23.7. The maximum Gasteiger partial charge on any atom is 0.417 e. The number of nitrogens with one attached hydrogen (secondary N) is 1. The van der Waals surface area contributed by atoms with E-state index in [0.29, 0.717) is 11.1 Å². The van der Waals surface area contributed by atoms with E-state index in [-0.39, 0.29) is 5.56 Å². The average molecular weight is 379 g/mol. The van der Waals surface area contributed by atoms with Crippen LogP contribution in [0.15, 0.2) is 47.6 Å². The number of hydrogen-bond donors (Lipinski definition) is 2. The van der Waals surface area contributed by atoms with E-state index in [1.54, 1.807) is 6.92 Å². The summed E-state index contributed by atoms with van der Waals surface area (Å²) in [5, 5.41) is 13.3. The van der Waals surface area contributed by atoms with E-state index in [9.17, 15) is 22.8 Å². The molecule has 0 bridgehead atoms. The number of carbonyl (C=O) groups is 2. The first-order chi connectivity index (χ1) is 12.6. The molecule has 27 heavy (non-hydrogen) atoms. The number of carbonyl (C=O) groups excluding carboxylic acids is 2. The molecule has 0 saturated carbocycles. The molecule has 0 saturated heterocycles. The maximum atomic E-state index is 13.0. The van der Waals surface area contributed by atoms with Gasteiger partial charge in [-0.05, 0) is 42.3 Å². The number of hydroxylamine groups is 1. The van der Waals surface area contributed by atoms with Crippen molar-refractivity contribution in [1.29, 1.82) is 0 Å². The van der Waals surface area contributed by atoms with Crippen molar-refractivity contribution in [3.8, 4) is 0 Å². The second-order valence-corrected chi connectivity index (χ2v) is 5.63. The molecular weight excluding hydrogens is 363 g/mol. The lowest BCUT2D eigenvalue weighted by Crippen LogP contribution is -2.24. The predicted molar refractivity (Wildman–Crippen MR) is 91.6 cm³/mol. The van der Waals surface area contributed by atoms with Crippen LogP contribution in [-0.2, 0) is 6.18 Å². The van der Waals surface area contributed by atoms with Gasteiger partial charge in [0.1, 0.15) is 0 Å². The molecule has 0 aliphatic heterocycles. The lowest BCUT2D eigenvalue weighted by atomic mass is 10.1. The van der Waals surface area contributed by atoms with Gasteiger partial charge >= 0.3 is 6.18 Å². The van der Waals surface area contributed by atoms with Crippen LogP contribution in [0, 0.1) is 6.92 Å². The Hall–Kier alpha value is -3.20. The number of halogens is 3. The van der Waals surface area contributed by atoms with Gasteiger partial charge in [0.25, 0.3) is 11.8 Å². The van der Waals surface area contributed by atoms with Gasteiger partial charge in [-0.3, -0.25) is 14.8 Å². The molecule has 0 radical (unpaired) electrons. The van der Waals surface area contributed by atoms with E-state index in [0.717, 1.165) is 17.1 Å². The molecule has 2 N–H and O–H groups in total. The van der Waals surface area contributed by atoms with Crippen molar-refractivity contribution in [2.75, 3.05) is 7.05 Å². The Labute approximate surface area is 152 Å². The van der Waals surface area contributed by atoms with Crippen LogP contribution in [0.3, 0.4) is 0 Å². The van der Waals surface area contributed by atoms with Crippen LogP contribution in [0.2, 0.25) is 0 Å². The number of aryl methyl sites for hydroxylation is 1. The van der Waals surface area contributed by atoms with E-state index in [2.05, 4.69) is 5.10 Å². The number of amides is 2.